The first-order valence-electron chi connectivity index (χ1n) is 6.12. The van der Waals surface area contributed by atoms with Gasteiger partial charge in [-0.25, -0.2) is 4.39 Å². The monoisotopic (exact) mass is 231 g/mol. The van der Waals surface area contributed by atoms with Gasteiger partial charge in [-0.05, 0) is 37.7 Å². The Bertz CT molecular complexity index is 416. The molecule has 1 aliphatic rings. The second-order valence-corrected chi connectivity index (χ2v) is 4.68. The molecule has 1 aliphatic carbocycles. The second-order valence-electron chi connectivity index (χ2n) is 4.68. The van der Waals surface area contributed by atoms with Crippen LogP contribution in [0.4, 0.5) is 4.39 Å². The number of halogens is 1. The summed E-state index contributed by atoms with van der Waals surface area (Å²) in [6.07, 6.45) is 2.23. The van der Waals surface area contributed by atoms with Crippen LogP contribution in [0, 0.1) is 5.92 Å². The zero-order chi connectivity index (χ0) is 12.3. The van der Waals surface area contributed by atoms with Crippen LogP contribution in [-0.2, 0) is 0 Å². The quantitative estimate of drug-likeness (QED) is 0.671. The molecule has 0 amide bonds. The third-order valence-electron chi connectivity index (χ3n) is 3.04. The van der Waals surface area contributed by atoms with Crippen molar-refractivity contribution in [3.63, 3.8) is 0 Å². The van der Waals surface area contributed by atoms with E-state index in [0.29, 0.717) is 17.3 Å². The number of aliphatic imine (C=N–C) groups is 1. The van der Waals surface area contributed by atoms with Crippen LogP contribution in [0.5, 0.6) is 0 Å². The highest BCUT2D eigenvalue weighted by Gasteiger charge is 2.25. The van der Waals surface area contributed by atoms with Crippen molar-refractivity contribution in [2.24, 2.45) is 10.9 Å². The molecule has 1 saturated carbocycles. The van der Waals surface area contributed by atoms with Crippen molar-refractivity contribution in [3.8, 4) is 0 Å². The lowest BCUT2D eigenvalue weighted by Gasteiger charge is -2.08. The van der Waals surface area contributed by atoms with Crippen LogP contribution in [0.1, 0.15) is 31.7 Å². The van der Waals surface area contributed by atoms with Crippen LogP contribution in [-0.4, -0.2) is 11.9 Å². The normalized spacial score (nSPS) is 17.9. The molecule has 1 atom stereocenters. The number of nitrogens with zero attached hydrogens (tertiary/aromatic N) is 1. The maximum atomic E-state index is 13.5. The summed E-state index contributed by atoms with van der Waals surface area (Å²) in [5.74, 6) is 0.649. The van der Waals surface area contributed by atoms with Crippen LogP contribution >= 0.6 is 0 Å². The van der Waals surface area contributed by atoms with E-state index in [1.165, 1.54) is 12.8 Å². The number of benzene rings is 1. The minimum absolute atomic E-state index is 0.640. The number of rotatable bonds is 5. The van der Waals surface area contributed by atoms with Crippen molar-refractivity contribution < 1.29 is 4.39 Å². The second kappa shape index (κ2) is 5.26. The summed E-state index contributed by atoms with van der Waals surface area (Å²) in [4.78, 5) is 4.37. The van der Waals surface area contributed by atoms with Gasteiger partial charge in [-0.3, -0.25) is 4.99 Å². The van der Waals surface area contributed by atoms with E-state index in [0.717, 1.165) is 12.0 Å². The van der Waals surface area contributed by atoms with Gasteiger partial charge < -0.3 is 0 Å². The number of hydrogen-bond acceptors (Lipinski definition) is 1. The summed E-state index contributed by atoms with van der Waals surface area (Å²) in [7, 11) is 0. The fraction of sp³-hybridized carbons (Fsp3) is 0.400. The van der Waals surface area contributed by atoms with Gasteiger partial charge in [-0.15, -0.1) is 0 Å². The molecule has 90 valence electrons. The van der Waals surface area contributed by atoms with Crippen molar-refractivity contribution in [3.05, 3.63) is 42.5 Å². The molecule has 0 aliphatic heterocycles. The van der Waals surface area contributed by atoms with Gasteiger partial charge in [0.15, 0.2) is 0 Å². The Morgan fingerprint density at radius 1 is 1.41 bits per heavy atom. The SMILES string of the molecule is C=C(N=C(CC1CC1)C(C)F)c1ccccc1. The largest absolute Gasteiger partial charge is 0.255 e. The first-order valence-corrected chi connectivity index (χ1v) is 6.12. The van der Waals surface area contributed by atoms with Crippen LogP contribution in [0.25, 0.3) is 5.70 Å². The molecule has 1 unspecified atom stereocenters. The van der Waals surface area contributed by atoms with Crippen molar-refractivity contribution in [2.45, 2.75) is 32.4 Å². The molecule has 0 N–H and O–H groups in total. The third kappa shape index (κ3) is 3.52. The molecule has 0 saturated heterocycles. The maximum absolute atomic E-state index is 13.5. The number of alkyl halides is 1. The predicted octanol–water partition coefficient (Wildman–Crippen LogP) is 4.26. The van der Waals surface area contributed by atoms with E-state index in [4.69, 9.17) is 0 Å². The van der Waals surface area contributed by atoms with E-state index in [-0.39, 0.29) is 0 Å². The molecule has 2 heteroatoms. The number of hydrogen-bond donors (Lipinski definition) is 0. The summed E-state index contributed by atoms with van der Waals surface area (Å²) in [6, 6.07) is 9.72. The van der Waals surface area contributed by atoms with E-state index >= 15 is 0 Å². The molecule has 2 rings (SSSR count). The Kier molecular flexibility index (Phi) is 3.72. The third-order valence-corrected chi connectivity index (χ3v) is 3.04. The molecular formula is C15H18FN. The average molecular weight is 231 g/mol. The standard InChI is InChI=1S/C15H18FN/c1-11(16)15(10-13-8-9-13)17-12(2)14-6-4-3-5-7-14/h3-7,11,13H,2,8-10H2,1H3. The van der Waals surface area contributed by atoms with Gasteiger partial charge >= 0.3 is 0 Å². The van der Waals surface area contributed by atoms with Gasteiger partial charge in [0.05, 0.1) is 11.4 Å². The van der Waals surface area contributed by atoms with Gasteiger partial charge in [-0.2, -0.15) is 0 Å². The van der Waals surface area contributed by atoms with Crippen molar-refractivity contribution in [1.82, 2.24) is 0 Å². The van der Waals surface area contributed by atoms with Crippen LogP contribution in [0.15, 0.2) is 41.9 Å². The Morgan fingerprint density at radius 2 is 2.06 bits per heavy atom. The molecule has 0 bridgehead atoms. The van der Waals surface area contributed by atoms with Crippen molar-refractivity contribution in [1.29, 1.82) is 0 Å². The van der Waals surface area contributed by atoms with Crippen molar-refractivity contribution >= 4 is 11.4 Å². The topological polar surface area (TPSA) is 12.4 Å². The van der Waals surface area contributed by atoms with E-state index in [2.05, 4.69) is 11.6 Å². The van der Waals surface area contributed by atoms with Gasteiger partial charge in [0.1, 0.15) is 6.17 Å². The molecule has 1 nitrogen and oxygen atoms in total. The smallest absolute Gasteiger partial charge is 0.135 e. The Hall–Kier alpha value is -1.44. The van der Waals surface area contributed by atoms with Crippen LogP contribution < -0.4 is 0 Å². The lowest BCUT2D eigenvalue weighted by atomic mass is 10.1. The van der Waals surface area contributed by atoms with E-state index < -0.39 is 6.17 Å². The fourth-order valence-corrected chi connectivity index (χ4v) is 1.78. The molecule has 17 heavy (non-hydrogen) atoms. The molecule has 0 radical (unpaired) electrons. The van der Waals surface area contributed by atoms with Crippen molar-refractivity contribution in [2.75, 3.05) is 0 Å². The summed E-state index contributed by atoms with van der Waals surface area (Å²) < 4.78 is 13.5. The first-order chi connectivity index (χ1) is 8.16. The Balaban J connectivity index is 2.11. The zero-order valence-corrected chi connectivity index (χ0v) is 10.2. The zero-order valence-electron chi connectivity index (χ0n) is 10.2. The van der Waals surface area contributed by atoms with Crippen LogP contribution in [0.2, 0.25) is 0 Å². The highest BCUT2D eigenvalue weighted by molar-refractivity contribution is 5.93. The Labute approximate surface area is 102 Å². The minimum Gasteiger partial charge on any atom is -0.255 e. The molecule has 0 spiro atoms. The lowest BCUT2D eigenvalue weighted by Crippen LogP contribution is -2.12. The molecule has 0 aromatic heterocycles. The fourth-order valence-electron chi connectivity index (χ4n) is 1.78. The summed E-state index contributed by atoms with van der Waals surface area (Å²) in [5.41, 5.74) is 2.26. The lowest BCUT2D eigenvalue weighted by molar-refractivity contribution is 0.447. The summed E-state index contributed by atoms with van der Waals surface area (Å²) in [6.45, 7) is 5.48. The summed E-state index contributed by atoms with van der Waals surface area (Å²) in [5, 5.41) is 0. The van der Waals surface area contributed by atoms with E-state index in [1.807, 2.05) is 30.3 Å². The van der Waals surface area contributed by atoms with Gasteiger partial charge in [0, 0.05) is 0 Å². The highest BCUT2D eigenvalue weighted by atomic mass is 19.1. The molecule has 1 fully saturated rings. The minimum atomic E-state index is -0.976. The maximum Gasteiger partial charge on any atom is 0.135 e. The average Bonchev–Trinajstić information content (AvgIpc) is 3.13. The Morgan fingerprint density at radius 3 is 2.59 bits per heavy atom. The molecule has 1 aromatic rings. The van der Waals surface area contributed by atoms with E-state index in [1.54, 1.807) is 6.92 Å². The van der Waals surface area contributed by atoms with Gasteiger partial charge in [-0.1, -0.05) is 36.9 Å². The van der Waals surface area contributed by atoms with Gasteiger partial charge in [0.25, 0.3) is 0 Å². The molecule has 0 heterocycles. The van der Waals surface area contributed by atoms with Gasteiger partial charge in [0.2, 0.25) is 0 Å². The van der Waals surface area contributed by atoms with E-state index in [9.17, 15) is 4.39 Å². The summed E-state index contributed by atoms with van der Waals surface area (Å²) >= 11 is 0. The molecular weight excluding hydrogens is 213 g/mol. The predicted molar refractivity (Wildman–Crippen MR) is 70.8 cm³/mol. The first kappa shape index (κ1) is 12.0. The molecule has 1 aromatic carbocycles. The highest BCUT2D eigenvalue weighted by Crippen LogP contribution is 2.34. The van der Waals surface area contributed by atoms with Crippen LogP contribution in [0.3, 0.4) is 0 Å².